The molecule has 1 aliphatic rings. The number of carbonyl (C=O) groups excluding carboxylic acids is 1. The highest BCUT2D eigenvalue weighted by Crippen LogP contribution is 2.23. The molecule has 1 aliphatic heterocycles. The van der Waals surface area contributed by atoms with E-state index in [1.807, 2.05) is 27.7 Å². The van der Waals surface area contributed by atoms with Crippen LogP contribution in [0.25, 0.3) is 0 Å². The largest absolute Gasteiger partial charge is 0.481 e. The third kappa shape index (κ3) is 3.98. The van der Waals surface area contributed by atoms with E-state index in [2.05, 4.69) is 10.6 Å². The molecule has 1 heterocycles. The molecule has 18 heavy (non-hydrogen) atoms. The minimum atomic E-state index is -0.882. The van der Waals surface area contributed by atoms with Gasteiger partial charge in [0, 0.05) is 12.6 Å². The third-order valence-electron chi connectivity index (χ3n) is 3.59. The van der Waals surface area contributed by atoms with E-state index in [0.29, 0.717) is 12.5 Å². The Hall–Kier alpha value is -1.10. The number of carboxylic acid groups (broad SMARTS) is 1. The molecule has 104 valence electrons. The number of carboxylic acids is 1. The Morgan fingerprint density at radius 2 is 2.00 bits per heavy atom. The van der Waals surface area contributed by atoms with Gasteiger partial charge in [0.25, 0.3) is 0 Å². The van der Waals surface area contributed by atoms with Crippen molar-refractivity contribution in [2.75, 3.05) is 13.1 Å². The second kappa shape index (κ2) is 5.69. The number of rotatable bonds is 4. The summed E-state index contributed by atoms with van der Waals surface area (Å²) in [5, 5.41) is 15.0. The Labute approximate surface area is 108 Å². The maximum atomic E-state index is 12.2. The van der Waals surface area contributed by atoms with Crippen LogP contribution in [0.3, 0.4) is 0 Å². The summed E-state index contributed by atoms with van der Waals surface area (Å²) in [6.45, 7) is 9.38. The van der Waals surface area contributed by atoms with E-state index in [4.69, 9.17) is 5.11 Å². The molecule has 1 saturated heterocycles. The van der Waals surface area contributed by atoms with Crippen LogP contribution in [0.15, 0.2) is 0 Å². The molecule has 5 heteroatoms. The molecule has 0 saturated carbocycles. The molecule has 3 N–H and O–H groups in total. The zero-order chi connectivity index (χ0) is 13.9. The zero-order valence-electron chi connectivity index (χ0n) is 11.6. The van der Waals surface area contributed by atoms with Crippen LogP contribution in [-0.2, 0) is 9.59 Å². The Morgan fingerprint density at radius 3 is 2.39 bits per heavy atom. The van der Waals surface area contributed by atoms with Gasteiger partial charge in [-0.15, -0.1) is 0 Å². The van der Waals surface area contributed by atoms with Crippen LogP contribution in [0.5, 0.6) is 0 Å². The summed E-state index contributed by atoms with van der Waals surface area (Å²) in [5.74, 6) is -0.666. The normalized spacial score (nSPS) is 25.8. The number of amides is 1. The first-order chi connectivity index (χ1) is 8.21. The molecular weight excluding hydrogens is 232 g/mol. The highest BCUT2D eigenvalue weighted by molar-refractivity contribution is 5.80. The molecule has 0 spiro atoms. The summed E-state index contributed by atoms with van der Waals surface area (Å²) >= 11 is 0. The highest BCUT2D eigenvalue weighted by Gasteiger charge is 2.34. The van der Waals surface area contributed by atoms with Crippen molar-refractivity contribution >= 4 is 11.9 Å². The van der Waals surface area contributed by atoms with Gasteiger partial charge in [0.15, 0.2) is 0 Å². The van der Waals surface area contributed by atoms with E-state index in [-0.39, 0.29) is 29.7 Å². The van der Waals surface area contributed by atoms with Gasteiger partial charge in [-0.3, -0.25) is 9.59 Å². The minimum Gasteiger partial charge on any atom is -0.481 e. The van der Waals surface area contributed by atoms with Gasteiger partial charge >= 0.3 is 5.97 Å². The summed E-state index contributed by atoms with van der Waals surface area (Å²) in [7, 11) is 0. The second-order valence-corrected chi connectivity index (χ2v) is 6.27. The lowest BCUT2D eigenvalue weighted by Crippen LogP contribution is -2.48. The highest BCUT2D eigenvalue weighted by atomic mass is 16.4. The van der Waals surface area contributed by atoms with E-state index in [0.717, 1.165) is 6.54 Å². The second-order valence-electron chi connectivity index (χ2n) is 6.27. The zero-order valence-corrected chi connectivity index (χ0v) is 11.6. The smallest absolute Gasteiger partial charge is 0.305 e. The van der Waals surface area contributed by atoms with Crippen LogP contribution in [0.2, 0.25) is 0 Å². The van der Waals surface area contributed by atoms with E-state index in [1.54, 1.807) is 0 Å². The number of hydrogen-bond acceptors (Lipinski definition) is 3. The molecule has 1 rings (SSSR count). The molecular formula is C13H24N2O3. The van der Waals surface area contributed by atoms with Crippen LogP contribution < -0.4 is 10.6 Å². The molecule has 5 nitrogen and oxygen atoms in total. The lowest BCUT2D eigenvalue weighted by atomic mass is 9.84. The lowest BCUT2D eigenvalue weighted by molar-refractivity contribution is -0.138. The molecule has 1 amide bonds. The first-order valence-corrected chi connectivity index (χ1v) is 6.44. The van der Waals surface area contributed by atoms with Gasteiger partial charge in [0.05, 0.1) is 12.3 Å². The van der Waals surface area contributed by atoms with Gasteiger partial charge < -0.3 is 15.7 Å². The predicted molar refractivity (Wildman–Crippen MR) is 69.2 cm³/mol. The standard InChI is InChI=1S/C13H24N2O3/c1-8-6-14-7-9(8)12(18)15-10(5-11(16)17)13(2,3)4/h8-10,14H,5-7H2,1-4H3,(H,15,18)(H,16,17)/t8-,9-,10?/m1/s1. The van der Waals surface area contributed by atoms with Crippen molar-refractivity contribution < 1.29 is 14.7 Å². The number of hydrogen-bond donors (Lipinski definition) is 3. The summed E-state index contributed by atoms with van der Waals surface area (Å²) in [4.78, 5) is 23.0. The van der Waals surface area contributed by atoms with Crippen molar-refractivity contribution in [2.45, 2.75) is 40.2 Å². The Balaban J connectivity index is 2.65. The fourth-order valence-electron chi connectivity index (χ4n) is 2.19. The van der Waals surface area contributed by atoms with Gasteiger partial charge in [-0.05, 0) is 17.9 Å². The molecule has 3 atom stereocenters. The molecule has 0 bridgehead atoms. The maximum Gasteiger partial charge on any atom is 0.305 e. The molecule has 0 aromatic heterocycles. The summed E-state index contributed by atoms with van der Waals surface area (Å²) < 4.78 is 0. The number of nitrogens with one attached hydrogen (secondary N) is 2. The van der Waals surface area contributed by atoms with Gasteiger partial charge in [-0.1, -0.05) is 27.7 Å². The van der Waals surface area contributed by atoms with Gasteiger partial charge in [-0.2, -0.15) is 0 Å². The average molecular weight is 256 g/mol. The third-order valence-corrected chi connectivity index (χ3v) is 3.59. The molecule has 0 aromatic rings. The molecule has 0 aromatic carbocycles. The van der Waals surface area contributed by atoms with E-state index in [9.17, 15) is 9.59 Å². The van der Waals surface area contributed by atoms with Crippen molar-refractivity contribution in [2.24, 2.45) is 17.3 Å². The maximum absolute atomic E-state index is 12.2. The van der Waals surface area contributed by atoms with Crippen molar-refractivity contribution in [3.63, 3.8) is 0 Å². The quantitative estimate of drug-likeness (QED) is 0.696. The molecule has 0 aliphatic carbocycles. The molecule has 1 unspecified atom stereocenters. The van der Waals surface area contributed by atoms with Crippen LogP contribution >= 0.6 is 0 Å². The Kier molecular flexibility index (Phi) is 4.73. The SMILES string of the molecule is C[C@@H]1CNC[C@H]1C(=O)NC(CC(=O)O)C(C)(C)C. The van der Waals surface area contributed by atoms with Crippen LogP contribution in [0, 0.1) is 17.3 Å². The fraction of sp³-hybridized carbons (Fsp3) is 0.846. The predicted octanol–water partition coefficient (Wildman–Crippen LogP) is 0.847. The van der Waals surface area contributed by atoms with E-state index >= 15 is 0 Å². The van der Waals surface area contributed by atoms with Crippen molar-refractivity contribution in [3.8, 4) is 0 Å². The monoisotopic (exact) mass is 256 g/mol. The summed E-state index contributed by atoms with van der Waals surface area (Å²) in [6, 6.07) is -0.338. The summed E-state index contributed by atoms with van der Waals surface area (Å²) in [5.41, 5.74) is -0.261. The number of aliphatic carboxylic acids is 1. The van der Waals surface area contributed by atoms with Crippen molar-refractivity contribution in [3.05, 3.63) is 0 Å². The first-order valence-electron chi connectivity index (χ1n) is 6.44. The Morgan fingerprint density at radius 1 is 1.39 bits per heavy atom. The van der Waals surface area contributed by atoms with Gasteiger partial charge in [-0.25, -0.2) is 0 Å². The number of carbonyl (C=O) groups is 2. The van der Waals surface area contributed by atoms with E-state index < -0.39 is 5.97 Å². The first kappa shape index (κ1) is 15.0. The minimum absolute atomic E-state index is 0.0336. The molecule has 0 radical (unpaired) electrons. The average Bonchev–Trinajstić information content (AvgIpc) is 2.61. The van der Waals surface area contributed by atoms with Crippen LogP contribution in [0.4, 0.5) is 0 Å². The van der Waals surface area contributed by atoms with Gasteiger partial charge in [0.1, 0.15) is 0 Å². The van der Waals surface area contributed by atoms with Crippen molar-refractivity contribution in [1.82, 2.24) is 10.6 Å². The van der Waals surface area contributed by atoms with Crippen LogP contribution in [0.1, 0.15) is 34.1 Å². The topological polar surface area (TPSA) is 78.4 Å². The van der Waals surface area contributed by atoms with Crippen molar-refractivity contribution in [1.29, 1.82) is 0 Å². The lowest BCUT2D eigenvalue weighted by Gasteiger charge is -2.31. The fourth-order valence-corrected chi connectivity index (χ4v) is 2.19. The summed E-state index contributed by atoms with van der Waals surface area (Å²) in [6.07, 6.45) is -0.0379. The molecule has 1 fully saturated rings. The Bertz CT molecular complexity index is 323. The van der Waals surface area contributed by atoms with E-state index in [1.165, 1.54) is 0 Å². The van der Waals surface area contributed by atoms with Crippen LogP contribution in [-0.4, -0.2) is 36.1 Å². The van der Waals surface area contributed by atoms with Gasteiger partial charge in [0.2, 0.25) is 5.91 Å².